The lowest BCUT2D eigenvalue weighted by Gasteiger charge is -2.09. The Bertz CT molecular complexity index is 446. The fourth-order valence-corrected chi connectivity index (χ4v) is 1.89. The number of hydrogen-bond donors (Lipinski definition) is 1. The highest BCUT2D eigenvalue weighted by atomic mass is 16.7. The third kappa shape index (κ3) is 3.86. The number of carbonyl (C=O) groups is 1. The zero-order chi connectivity index (χ0) is 13.7. The van der Waals surface area contributed by atoms with Gasteiger partial charge in [0.15, 0.2) is 11.5 Å². The summed E-state index contributed by atoms with van der Waals surface area (Å²) < 4.78 is 10.5. The van der Waals surface area contributed by atoms with Crippen LogP contribution in [0.5, 0.6) is 11.5 Å². The molecule has 1 aromatic carbocycles. The molecule has 5 heteroatoms. The Hall–Kier alpha value is -1.75. The Morgan fingerprint density at radius 2 is 2.05 bits per heavy atom. The molecule has 0 aliphatic carbocycles. The van der Waals surface area contributed by atoms with Gasteiger partial charge in [-0.15, -0.1) is 0 Å². The number of unbranched alkanes of at least 4 members (excludes halogenated alkanes) is 1. The Labute approximate surface area is 113 Å². The van der Waals surface area contributed by atoms with E-state index >= 15 is 0 Å². The summed E-state index contributed by atoms with van der Waals surface area (Å²) in [6, 6.07) is 5.24. The molecule has 0 spiro atoms. The summed E-state index contributed by atoms with van der Waals surface area (Å²) in [7, 11) is 4.09. The quantitative estimate of drug-likeness (QED) is 0.791. The first-order valence-corrected chi connectivity index (χ1v) is 6.49. The van der Waals surface area contributed by atoms with E-state index in [-0.39, 0.29) is 12.7 Å². The van der Waals surface area contributed by atoms with Crippen molar-refractivity contribution in [3.8, 4) is 11.5 Å². The Balaban J connectivity index is 1.77. The Kier molecular flexibility index (Phi) is 4.63. The highest BCUT2D eigenvalue weighted by Crippen LogP contribution is 2.32. The lowest BCUT2D eigenvalue weighted by molar-refractivity contribution is 0.0952. The molecule has 1 aromatic rings. The van der Waals surface area contributed by atoms with Crippen molar-refractivity contribution < 1.29 is 14.3 Å². The molecule has 1 amide bonds. The van der Waals surface area contributed by atoms with Crippen LogP contribution in [-0.2, 0) is 0 Å². The standard InChI is InChI=1S/C14H20N2O3/c1-16(2)8-4-3-7-15-14(17)11-5-6-12-13(9-11)19-10-18-12/h5-6,9H,3-4,7-8,10H2,1-2H3,(H,15,17). The van der Waals surface area contributed by atoms with E-state index in [9.17, 15) is 4.79 Å². The summed E-state index contributed by atoms with van der Waals surface area (Å²) >= 11 is 0. The molecule has 5 nitrogen and oxygen atoms in total. The first-order chi connectivity index (χ1) is 9.16. The molecule has 0 aromatic heterocycles. The molecule has 0 bridgehead atoms. The molecule has 0 unspecified atom stereocenters. The molecule has 0 radical (unpaired) electrons. The average Bonchev–Trinajstić information content (AvgIpc) is 2.84. The summed E-state index contributed by atoms with van der Waals surface area (Å²) in [5, 5.41) is 2.91. The van der Waals surface area contributed by atoms with Gasteiger partial charge in [-0.05, 0) is 51.7 Å². The number of fused-ring (bicyclic) bond motifs is 1. The van der Waals surface area contributed by atoms with Gasteiger partial charge in [-0.25, -0.2) is 0 Å². The average molecular weight is 264 g/mol. The minimum atomic E-state index is -0.0665. The third-order valence-corrected chi connectivity index (χ3v) is 2.95. The van der Waals surface area contributed by atoms with Gasteiger partial charge in [0.1, 0.15) is 0 Å². The molecule has 1 aliphatic heterocycles. The van der Waals surface area contributed by atoms with Crippen molar-refractivity contribution >= 4 is 5.91 Å². The second kappa shape index (κ2) is 6.43. The minimum absolute atomic E-state index is 0.0665. The van der Waals surface area contributed by atoms with Crippen LogP contribution >= 0.6 is 0 Å². The third-order valence-electron chi connectivity index (χ3n) is 2.95. The SMILES string of the molecule is CN(C)CCCCNC(=O)c1ccc2c(c1)OCO2. The van der Waals surface area contributed by atoms with Crippen molar-refractivity contribution in [3.05, 3.63) is 23.8 Å². The van der Waals surface area contributed by atoms with Crippen LogP contribution in [-0.4, -0.2) is 44.8 Å². The van der Waals surface area contributed by atoms with Gasteiger partial charge in [0.05, 0.1) is 0 Å². The van der Waals surface area contributed by atoms with E-state index in [0.29, 0.717) is 23.6 Å². The molecule has 0 saturated carbocycles. The maximum absolute atomic E-state index is 11.9. The van der Waals surface area contributed by atoms with Gasteiger partial charge in [0, 0.05) is 12.1 Å². The molecule has 2 rings (SSSR count). The van der Waals surface area contributed by atoms with Crippen molar-refractivity contribution in [2.24, 2.45) is 0 Å². The summed E-state index contributed by atoms with van der Waals surface area (Å²) in [6.45, 7) is 1.96. The predicted octanol–water partition coefficient (Wildman–Crippen LogP) is 1.49. The summed E-state index contributed by atoms with van der Waals surface area (Å²) in [5.41, 5.74) is 0.608. The van der Waals surface area contributed by atoms with Crippen LogP contribution in [0.3, 0.4) is 0 Å². The van der Waals surface area contributed by atoms with Gasteiger partial charge in [-0.2, -0.15) is 0 Å². The van der Waals surface area contributed by atoms with Gasteiger partial charge in [0.2, 0.25) is 6.79 Å². The highest BCUT2D eigenvalue weighted by Gasteiger charge is 2.15. The fraction of sp³-hybridized carbons (Fsp3) is 0.500. The molecular weight excluding hydrogens is 244 g/mol. The van der Waals surface area contributed by atoms with E-state index in [1.807, 2.05) is 14.1 Å². The predicted molar refractivity (Wildman–Crippen MR) is 72.7 cm³/mol. The Morgan fingerprint density at radius 1 is 1.26 bits per heavy atom. The van der Waals surface area contributed by atoms with Crippen molar-refractivity contribution in [3.63, 3.8) is 0 Å². The molecule has 0 atom stereocenters. The van der Waals surface area contributed by atoms with Crippen molar-refractivity contribution in [1.29, 1.82) is 0 Å². The number of nitrogens with zero attached hydrogens (tertiary/aromatic N) is 1. The van der Waals surface area contributed by atoms with Crippen molar-refractivity contribution in [1.82, 2.24) is 10.2 Å². The van der Waals surface area contributed by atoms with E-state index in [1.54, 1.807) is 18.2 Å². The topological polar surface area (TPSA) is 50.8 Å². The van der Waals surface area contributed by atoms with Gasteiger partial charge in [0.25, 0.3) is 5.91 Å². The number of hydrogen-bond acceptors (Lipinski definition) is 4. The number of ether oxygens (including phenoxy) is 2. The Morgan fingerprint density at radius 3 is 2.84 bits per heavy atom. The van der Waals surface area contributed by atoms with Crippen LogP contribution in [0.1, 0.15) is 23.2 Å². The van der Waals surface area contributed by atoms with Gasteiger partial charge in [-0.3, -0.25) is 4.79 Å². The second-order valence-corrected chi connectivity index (χ2v) is 4.83. The molecule has 104 valence electrons. The maximum Gasteiger partial charge on any atom is 0.251 e. The first kappa shape index (κ1) is 13.7. The van der Waals surface area contributed by atoms with E-state index in [4.69, 9.17) is 9.47 Å². The normalized spacial score (nSPS) is 12.8. The molecule has 1 N–H and O–H groups in total. The summed E-state index contributed by atoms with van der Waals surface area (Å²) in [6.07, 6.45) is 2.06. The van der Waals surface area contributed by atoms with Crippen LogP contribution in [0.25, 0.3) is 0 Å². The molecule has 1 heterocycles. The zero-order valence-electron chi connectivity index (χ0n) is 11.4. The molecule has 0 saturated heterocycles. The van der Waals surface area contributed by atoms with E-state index in [1.165, 1.54) is 0 Å². The molecule has 19 heavy (non-hydrogen) atoms. The van der Waals surface area contributed by atoms with E-state index < -0.39 is 0 Å². The number of carbonyl (C=O) groups excluding carboxylic acids is 1. The lowest BCUT2D eigenvalue weighted by atomic mass is 10.2. The second-order valence-electron chi connectivity index (χ2n) is 4.83. The van der Waals surface area contributed by atoms with Gasteiger partial charge >= 0.3 is 0 Å². The van der Waals surface area contributed by atoms with Crippen molar-refractivity contribution in [2.45, 2.75) is 12.8 Å². The largest absolute Gasteiger partial charge is 0.454 e. The van der Waals surface area contributed by atoms with E-state index in [0.717, 1.165) is 19.4 Å². The summed E-state index contributed by atoms with van der Waals surface area (Å²) in [4.78, 5) is 14.1. The minimum Gasteiger partial charge on any atom is -0.454 e. The smallest absolute Gasteiger partial charge is 0.251 e. The fourth-order valence-electron chi connectivity index (χ4n) is 1.89. The molecule has 1 aliphatic rings. The van der Waals surface area contributed by atoms with Crippen LogP contribution in [0.4, 0.5) is 0 Å². The van der Waals surface area contributed by atoms with Crippen LogP contribution < -0.4 is 14.8 Å². The van der Waals surface area contributed by atoms with Gasteiger partial charge < -0.3 is 19.7 Å². The maximum atomic E-state index is 11.9. The lowest BCUT2D eigenvalue weighted by Crippen LogP contribution is -2.25. The summed E-state index contributed by atoms with van der Waals surface area (Å²) in [5.74, 6) is 1.27. The highest BCUT2D eigenvalue weighted by molar-refractivity contribution is 5.94. The number of rotatable bonds is 6. The van der Waals surface area contributed by atoms with E-state index in [2.05, 4.69) is 10.2 Å². The van der Waals surface area contributed by atoms with Gasteiger partial charge in [-0.1, -0.05) is 0 Å². The number of nitrogens with one attached hydrogen (secondary N) is 1. The molecule has 0 fully saturated rings. The van der Waals surface area contributed by atoms with Crippen LogP contribution in [0.2, 0.25) is 0 Å². The monoisotopic (exact) mass is 264 g/mol. The first-order valence-electron chi connectivity index (χ1n) is 6.49. The van der Waals surface area contributed by atoms with Crippen LogP contribution in [0, 0.1) is 0 Å². The zero-order valence-corrected chi connectivity index (χ0v) is 11.4. The number of amides is 1. The molecular formula is C14H20N2O3. The van der Waals surface area contributed by atoms with Crippen LogP contribution in [0.15, 0.2) is 18.2 Å². The number of benzene rings is 1. The van der Waals surface area contributed by atoms with Crippen molar-refractivity contribution in [2.75, 3.05) is 34.0 Å².